The van der Waals surface area contributed by atoms with Gasteiger partial charge in [0, 0.05) is 6.42 Å². The third-order valence-electron chi connectivity index (χ3n) is 3.30. The summed E-state index contributed by atoms with van der Waals surface area (Å²) in [6, 6.07) is 7.42. The Labute approximate surface area is 118 Å². The zero-order valence-corrected chi connectivity index (χ0v) is 12.1. The SMILES string of the molecule is COC(=O)c1ccc(Cc2c(C)cc(OC)cc2C)o1. The number of carbonyl (C=O) groups excluding carboxylic acids is 1. The predicted molar refractivity (Wildman–Crippen MR) is 75.3 cm³/mol. The second-order valence-corrected chi connectivity index (χ2v) is 4.67. The molecule has 106 valence electrons. The van der Waals surface area contributed by atoms with Crippen molar-refractivity contribution in [3.05, 3.63) is 52.5 Å². The standard InChI is InChI=1S/C16H18O4/c1-10-7-13(18-3)8-11(2)14(10)9-12-5-6-15(20-12)16(17)19-4/h5-8H,9H2,1-4H3. The second-order valence-electron chi connectivity index (χ2n) is 4.67. The second kappa shape index (κ2) is 5.82. The Morgan fingerprint density at radius 3 is 2.35 bits per heavy atom. The molecule has 2 aromatic rings. The number of carbonyl (C=O) groups is 1. The van der Waals surface area contributed by atoms with Gasteiger partial charge in [0.05, 0.1) is 14.2 Å². The highest BCUT2D eigenvalue weighted by Gasteiger charge is 2.13. The van der Waals surface area contributed by atoms with Crippen molar-refractivity contribution in [2.45, 2.75) is 20.3 Å². The van der Waals surface area contributed by atoms with Crippen molar-refractivity contribution >= 4 is 5.97 Å². The molecule has 0 N–H and O–H groups in total. The van der Waals surface area contributed by atoms with Gasteiger partial charge in [-0.2, -0.15) is 0 Å². The van der Waals surface area contributed by atoms with E-state index in [2.05, 4.69) is 4.74 Å². The normalized spacial score (nSPS) is 10.4. The number of hydrogen-bond acceptors (Lipinski definition) is 4. The van der Waals surface area contributed by atoms with E-state index in [-0.39, 0.29) is 5.76 Å². The molecule has 0 saturated carbocycles. The maximum Gasteiger partial charge on any atom is 0.373 e. The third kappa shape index (κ3) is 2.85. The van der Waals surface area contributed by atoms with Crippen LogP contribution in [0.3, 0.4) is 0 Å². The number of esters is 1. The van der Waals surface area contributed by atoms with Gasteiger partial charge in [0.25, 0.3) is 0 Å². The van der Waals surface area contributed by atoms with Gasteiger partial charge in [-0.05, 0) is 54.8 Å². The van der Waals surface area contributed by atoms with E-state index in [9.17, 15) is 4.79 Å². The first-order valence-electron chi connectivity index (χ1n) is 6.36. The van der Waals surface area contributed by atoms with Crippen molar-refractivity contribution in [2.24, 2.45) is 0 Å². The summed E-state index contributed by atoms with van der Waals surface area (Å²) in [5, 5.41) is 0. The fourth-order valence-corrected chi connectivity index (χ4v) is 2.21. The van der Waals surface area contributed by atoms with Crippen molar-refractivity contribution in [1.29, 1.82) is 0 Å². The van der Waals surface area contributed by atoms with Gasteiger partial charge in [0.15, 0.2) is 0 Å². The van der Waals surface area contributed by atoms with Crippen molar-refractivity contribution in [3.63, 3.8) is 0 Å². The molecule has 0 radical (unpaired) electrons. The highest BCUT2D eigenvalue weighted by atomic mass is 16.5. The first-order valence-corrected chi connectivity index (χ1v) is 6.36. The minimum absolute atomic E-state index is 0.228. The summed E-state index contributed by atoms with van der Waals surface area (Å²) in [6.45, 7) is 4.07. The lowest BCUT2D eigenvalue weighted by Crippen LogP contribution is -1.99. The predicted octanol–water partition coefficient (Wildman–Crippen LogP) is 3.28. The zero-order chi connectivity index (χ0) is 14.7. The van der Waals surface area contributed by atoms with Crippen LogP contribution >= 0.6 is 0 Å². The molecule has 4 nitrogen and oxygen atoms in total. The largest absolute Gasteiger partial charge is 0.497 e. The molecule has 0 fully saturated rings. The van der Waals surface area contributed by atoms with Crippen LogP contribution in [0.4, 0.5) is 0 Å². The maximum absolute atomic E-state index is 11.4. The first-order chi connectivity index (χ1) is 9.55. The molecule has 0 aliphatic heterocycles. The highest BCUT2D eigenvalue weighted by molar-refractivity contribution is 5.86. The van der Waals surface area contributed by atoms with Crippen molar-refractivity contribution in [1.82, 2.24) is 0 Å². The average Bonchev–Trinajstić information content (AvgIpc) is 2.90. The van der Waals surface area contributed by atoms with E-state index in [0.29, 0.717) is 6.42 Å². The molecule has 0 atom stereocenters. The van der Waals surface area contributed by atoms with Gasteiger partial charge in [-0.15, -0.1) is 0 Å². The Morgan fingerprint density at radius 2 is 1.80 bits per heavy atom. The van der Waals surface area contributed by atoms with Crippen LogP contribution in [0.5, 0.6) is 5.75 Å². The minimum atomic E-state index is -0.459. The number of hydrogen-bond donors (Lipinski definition) is 0. The summed E-state index contributed by atoms with van der Waals surface area (Å²) < 4.78 is 15.4. The molecule has 1 aromatic carbocycles. The van der Waals surface area contributed by atoms with Crippen LogP contribution in [0.2, 0.25) is 0 Å². The Morgan fingerprint density at radius 1 is 1.15 bits per heavy atom. The van der Waals surface area contributed by atoms with E-state index < -0.39 is 5.97 Å². The highest BCUT2D eigenvalue weighted by Crippen LogP contribution is 2.24. The number of benzene rings is 1. The van der Waals surface area contributed by atoms with Crippen LogP contribution in [-0.2, 0) is 11.2 Å². The molecule has 0 aliphatic rings. The number of rotatable bonds is 4. The van der Waals surface area contributed by atoms with Gasteiger partial charge >= 0.3 is 5.97 Å². The number of aryl methyl sites for hydroxylation is 2. The fraction of sp³-hybridized carbons (Fsp3) is 0.312. The fourth-order valence-electron chi connectivity index (χ4n) is 2.21. The molecule has 0 unspecified atom stereocenters. The van der Waals surface area contributed by atoms with Gasteiger partial charge < -0.3 is 13.9 Å². The number of furan rings is 1. The van der Waals surface area contributed by atoms with Gasteiger partial charge in [-0.1, -0.05) is 0 Å². The van der Waals surface area contributed by atoms with Gasteiger partial charge in [0.1, 0.15) is 11.5 Å². The van der Waals surface area contributed by atoms with Gasteiger partial charge in [-0.25, -0.2) is 4.79 Å². The molecule has 0 aliphatic carbocycles. The molecule has 1 aromatic heterocycles. The van der Waals surface area contributed by atoms with Crippen LogP contribution in [0.1, 0.15) is 33.0 Å². The van der Waals surface area contributed by atoms with E-state index in [0.717, 1.165) is 22.6 Å². The van der Waals surface area contributed by atoms with E-state index >= 15 is 0 Å². The molecular formula is C16H18O4. The van der Waals surface area contributed by atoms with Gasteiger partial charge in [-0.3, -0.25) is 0 Å². The summed E-state index contributed by atoms with van der Waals surface area (Å²) in [7, 11) is 2.99. The Hall–Kier alpha value is -2.23. The molecule has 1 heterocycles. The van der Waals surface area contributed by atoms with Crippen molar-refractivity contribution < 1.29 is 18.7 Å². The molecule has 20 heavy (non-hydrogen) atoms. The molecule has 4 heteroatoms. The maximum atomic E-state index is 11.4. The quantitative estimate of drug-likeness (QED) is 0.803. The zero-order valence-electron chi connectivity index (χ0n) is 12.1. The smallest absolute Gasteiger partial charge is 0.373 e. The van der Waals surface area contributed by atoms with Crippen LogP contribution in [0.25, 0.3) is 0 Å². The molecular weight excluding hydrogens is 256 g/mol. The van der Waals surface area contributed by atoms with E-state index in [1.165, 1.54) is 12.7 Å². The van der Waals surface area contributed by atoms with Crippen molar-refractivity contribution in [2.75, 3.05) is 14.2 Å². The third-order valence-corrected chi connectivity index (χ3v) is 3.30. The topological polar surface area (TPSA) is 48.7 Å². The minimum Gasteiger partial charge on any atom is -0.497 e. The van der Waals surface area contributed by atoms with Gasteiger partial charge in [0.2, 0.25) is 5.76 Å². The first kappa shape index (κ1) is 14.2. The van der Waals surface area contributed by atoms with Crippen molar-refractivity contribution in [3.8, 4) is 5.75 Å². The van der Waals surface area contributed by atoms with E-state index in [4.69, 9.17) is 9.15 Å². The lowest BCUT2D eigenvalue weighted by Gasteiger charge is -2.11. The Kier molecular flexibility index (Phi) is 4.13. The van der Waals surface area contributed by atoms with Crippen LogP contribution < -0.4 is 4.74 Å². The average molecular weight is 274 g/mol. The molecule has 0 amide bonds. The number of methoxy groups -OCH3 is 2. The Bertz CT molecular complexity index is 602. The summed E-state index contributed by atoms with van der Waals surface area (Å²) in [4.78, 5) is 11.4. The summed E-state index contributed by atoms with van der Waals surface area (Å²) in [5.41, 5.74) is 3.45. The summed E-state index contributed by atoms with van der Waals surface area (Å²) in [6.07, 6.45) is 0.638. The van der Waals surface area contributed by atoms with Crippen LogP contribution in [0, 0.1) is 13.8 Å². The molecule has 0 spiro atoms. The lowest BCUT2D eigenvalue weighted by atomic mass is 9.98. The van der Waals surface area contributed by atoms with E-state index in [1.807, 2.05) is 26.0 Å². The number of ether oxygens (including phenoxy) is 2. The van der Waals surface area contributed by atoms with Crippen LogP contribution in [-0.4, -0.2) is 20.2 Å². The van der Waals surface area contributed by atoms with E-state index in [1.54, 1.807) is 19.2 Å². The monoisotopic (exact) mass is 274 g/mol. The summed E-state index contributed by atoms with van der Waals surface area (Å²) in [5.74, 6) is 1.35. The Balaban J connectivity index is 2.26. The molecule has 2 rings (SSSR count). The summed E-state index contributed by atoms with van der Waals surface area (Å²) >= 11 is 0. The lowest BCUT2D eigenvalue weighted by molar-refractivity contribution is 0.0563. The van der Waals surface area contributed by atoms with Crippen LogP contribution in [0.15, 0.2) is 28.7 Å². The molecule has 0 saturated heterocycles. The molecule has 0 bridgehead atoms.